The summed E-state index contributed by atoms with van der Waals surface area (Å²) in [7, 11) is 0. The molecule has 0 atom stereocenters. The number of nitrogens with two attached hydrogens (primary N) is 1. The molecule has 0 unspecified atom stereocenters. The summed E-state index contributed by atoms with van der Waals surface area (Å²) in [6.07, 6.45) is 5.17. The molecule has 1 saturated heterocycles. The second-order valence-corrected chi connectivity index (χ2v) is 6.39. The van der Waals surface area contributed by atoms with Gasteiger partial charge < -0.3 is 10.8 Å². The zero-order valence-corrected chi connectivity index (χ0v) is 13.5. The number of aliphatic imine (C=N–C) groups is 1. The van der Waals surface area contributed by atoms with Crippen LogP contribution in [0.5, 0.6) is 0 Å². The average Bonchev–Trinajstić information content (AvgIpc) is 3.02. The molecule has 0 amide bonds. The monoisotopic (exact) mass is 333 g/mol. The highest BCUT2D eigenvalue weighted by Gasteiger charge is 2.22. The summed E-state index contributed by atoms with van der Waals surface area (Å²) in [6, 6.07) is 7.41. The molecule has 0 saturated carbocycles. The minimum atomic E-state index is -0.264. The van der Waals surface area contributed by atoms with E-state index in [2.05, 4.69) is 15.3 Å². The first kappa shape index (κ1) is 15.7. The minimum absolute atomic E-state index is 0.230. The molecule has 2 N–H and O–H groups in total. The van der Waals surface area contributed by atoms with Crippen molar-refractivity contribution in [3.05, 3.63) is 30.5 Å². The Morgan fingerprint density at radius 2 is 2.22 bits per heavy atom. The Bertz CT molecular complexity index is 682. The van der Waals surface area contributed by atoms with E-state index in [1.807, 2.05) is 24.3 Å². The molecule has 23 heavy (non-hydrogen) atoms. The fourth-order valence-corrected chi connectivity index (χ4v) is 3.15. The first-order chi connectivity index (χ1) is 11.2. The second-order valence-electron chi connectivity index (χ2n) is 5.34. The van der Waals surface area contributed by atoms with E-state index in [1.54, 1.807) is 11.0 Å². The van der Waals surface area contributed by atoms with Crippen molar-refractivity contribution >= 4 is 29.2 Å². The van der Waals surface area contributed by atoms with Gasteiger partial charge in [-0.2, -0.15) is 5.01 Å². The largest absolute Gasteiger partial charge is 0.861 e. The predicted molar refractivity (Wildman–Crippen MR) is 87.2 cm³/mol. The summed E-state index contributed by atoms with van der Waals surface area (Å²) in [6.45, 7) is 1.88. The van der Waals surface area contributed by atoms with Crippen LogP contribution < -0.4 is 20.6 Å². The van der Waals surface area contributed by atoms with Crippen molar-refractivity contribution in [3.63, 3.8) is 0 Å². The molecule has 0 aliphatic carbocycles. The van der Waals surface area contributed by atoms with Gasteiger partial charge in [0.25, 0.3) is 6.20 Å². The Kier molecular flexibility index (Phi) is 5.02. The van der Waals surface area contributed by atoms with Gasteiger partial charge in [0, 0.05) is 16.3 Å². The van der Waals surface area contributed by atoms with E-state index in [0.717, 1.165) is 30.8 Å². The normalized spacial score (nSPS) is 15.8. The number of thioether (sulfide) groups is 1. The molecule has 1 fully saturated rings. The number of nitrogen functional groups attached to an aromatic ring is 1. The molecule has 7 nitrogen and oxygen atoms in total. The van der Waals surface area contributed by atoms with E-state index >= 15 is 0 Å². The van der Waals surface area contributed by atoms with Crippen molar-refractivity contribution in [2.45, 2.75) is 24.2 Å². The molecule has 1 aromatic heterocycles. The van der Waals surface area contributed by atoms with Crippen molar-refractivity contribution in [3.8, 4) is 0 Å². The lowest BCUT2D eigenvalue weighted by molar-refractivity contribution is -0.759. The SMILES string of the molecule is Nc1cccc(SC/C([O-])=N\c2c[n+](N3CCCCC3)no2)c1. The van der Waals surface area contributed by atoms with Crippen LogP contribution >= 0.6 is 11.8 Å². The van der Waals surface area contributed by atoms with Crippen molar-refractivity contribution in [2.24, 2.45) is 4.99 Å². The van der Waals surface area contributed by atoms with Gasteiger partial charge in [-0.25, -0.2) is 4.99 Å². The number of nitrogens with zero attached hydrogens (tertiary/aromatic N) is 4. The number of benzene rings is 1. The van der Waals surface area contributed by atoms with Gasteiger partial charge >= 0.3 is 5.88 Å². The topological polar surface area (TPSA) is 94.6 Å². The van der Waals surface area contributed by atoms with E-state index in [1.165, 1.54) is 18.2 Å². The number of piperidine rings is 1. The summed E-state index contributed by atoms with van der Waals surface area (Å²) in [5.74, 6) is 0.196. The Morgan fingerprint density at radius 3 is 3.00 bits per heavy atom. The highest BCUT2D eigenvalue weighted by molar-refractivity contribution is 8.00. The van der Waals surface area contributed by atoms with E-state index in [9.17, 15) is 5.11 Å². The Morgan fingerprint density at radius 1 is 1.39 bits per heavy atom. The van der Waals surface area contributed by atoms with Gasteiger partial charge in [0.1, 0.15) is 0 Å². The molecule has 0 radical (unpaired) electrons. The second kappa shape index (κ2) is 7.36. The molecule has 1 aromatic carbocycles. The first-order valence-electron chi connectivity index (χ1n) is 7.57. The van der Waals surface area contributed by atoms with Crippen LogP contribution in [0.15, 0.2) is 44.9 Å². The number of hydrogen-bond acceptors (Lipinski definition) is 7. The molecule has 0 spiro atoms. The Labute approximate surface area is 138 Å². The number of anilines is 1. The van der Waals surface area contributed by atoms with E-state index in [-0.39, 0.29) is 17.5 Å². The van der Waals surface area contributed by atoms with Gasteiger partial charge in [0.05, 0.1) is 17.9 Å². The first-order valence-corrected chi connectivity index (χ1v) is 8.56. The zero-order chi connectivity index (χ0) is 16.1. The quantitative estimate of drug-likeness (QED) is 0.287. The molecular formula is C15H19N5O2S. The van der Waals surface area contributed by atoms with Crippen LogP contribution in [-0.2, 0) is 0 Å². The third-order valence-corrected chi connectivity index (χ3v) is 4.50. The average molecular weight is 333 g/mol. The van der Waals surface area contributed by atoms with Gasteiger partial charge in [-0.1, -0.05) is 6.07 Å². The van der Waals surface area contributed by atoms with Gasteiger partial charge in [-0.3, -0.25) is 4.52 Å². The molecule has 122 valence electrons. The molecule has 1 aliphatic heterocycles. The van der Waals surface area contributed by atoms with E-state index in [4.69, 9.17) is 10.3 Å². The van der Waals surface area contributed by atoms with Crippen LogP contribution in [0, 0.1) is 0 Å². The van der Waals surface area contributed by atoms with E-state index in [0.29, 0.717) is 5.69 Å². The summed E-state index contributed by atoms with van der Waals surface area (Å²) in [5, 5.41) is 17.9. The summed E-state index contributed by atoms with van der Waals surface area (Å²) >= 11 is 1.39. The lowest BCUT2D eigenvalue weighted by Gasteiger charge is -2.17. The third kappa shape index (κ3) is 4.38. The maximum absolute atomic E-state index is 11.9. The fourth-order valence-electron chi connectivity index (χ4n) is 2.40. The standard InChI is InChI=1S/C15H19N5O2S/c16-12-5-4-6-13(9-12)23-11-14(21)17-15-10-20(18-22-15)19-7-2-1-3-8-19/h4-6,9-10H,1-3,7-8,11,16H2. The maximum atomic E-state index is 11.9. The van der Waals surface area contributed by atoms with Gasteiger partial charge in [0.15, 0.2) is 0 Å². The molecule has 8 heteroatoms. The lowest BCUT2D eigenvalue weighted by Crippen LogP contribution is -2.60. The maximum Gasteiger partial charge on any atom is 0.324 e. The number of rotatable bonds is 5. The molecule has 2 aromatic rings. The Balaban J connectivity index is 1.58. The van der Waals surface area contributed by atoms with E-state index < -0.39 is 0 Å². The predicted octanol–water partition coefficient (Wildman–Crippen LogP) is 0.849. The van der Waals surface area contributed by atoms with Crippen molar-refractivity contribution in [2.75, 3.05) is 29.6 Å². The summed E-state index contributed by atoms with van der Waals surface area (Å²) in [5.41, 5.74) is 6.39. The smallest absolute Gasteiger partial charge is 0.324 e. The van der Waals surface area contributed by atoms with Gasteiger partial charge in [-0.05, 0) is 43.4 Å². The zero-order valence-electron chi connectivity index (χ0n) is 12.7. The number of aromatic nitrogens is 2. The fraction of sp³-hybridized carbons (Fsp3) is 0.400. The van der Waals surface area contributed by atoms with Gasteiger partial charge in [-0.15, -0.1) is 11.8 Å². The summed E-state index contributed by atoms with van der Waals surface area (Å²) in [4.78, 5) is 6.52. The summed E-state index contributed by atoms with van der Waals surface area (Å²) < 4.78 is 5.11. The molecule has 0 bridgehead atoms. The minimum Gasteiger partial charge on any atom is -0.861 e. The highest BCUT2D eigenvalue weighted by Crippen LogP contribution is 2.20. The molecular weight excluding hydrogens is 314 g/mol. The third-order valence-electron chi connectivity index (χ3n) is 3.52. The van der Waals surface area contributed by atoms with Crippen molar-refractivity contribution in [1.29, 1.82) is 0 Å². The van der Waals surface area contributed by atoms with Crippen LogP contribution in [0.4, 0.5) is 11.6 Å². The van der Waals surface area contributed by atoms with Gasteiger partial charge in [0.2, 0.25) is 5.27 Å². The van der Waals surface area contributed by atoms with Crippen molar-refractivity contribution in [1.82, 2.24) is 5.27 Å². The number of hydrogen-bond donors (Lipinski definition) is 1. The Hall–Kier alpha value is -2.22. The van der Waals surface area contributed by atoms with Crippen LogP contribution in [0.1, 0.15) is 19.3 Å². The molecule has 2 heterocycles. The van der Waals surface area contributed by atoms with Crippen molar-refractivity contribution < 1.29 is 14.4 Å². The highest BCUT2D eigenvalue weighted by atomic mass is 32.2. The van der Waals surface area contributed by atoms with Crippen LogP contribution in [0.2, 0.25) is 0 Å². The van der Waals surface area contributed by atoms with Crippen LogP contribution in [0.25, 0.3) is 0 Å². The lowest BCUT2D eigenvalue weighted by atomic mass is 10.2. The van der Waals surface area contributed by atoms with Crippen LogP contribution in [0.3, 0.4) is 0 Å². The van der Waals surface area contributed by atoms with Crippen LogP contribution in [-0.4, -0.2) is 30.0 Å². The molecule has 3 rings (SSSR count). The molecule has 1 aliphatic rings.